The Balaban J connectivity index is 1.66. The van der Waals surface area contributed by atoms with E-state index in [9.17, 15) is 4.79 Å². The fraction of sp³-hybridized carbons (Fsp3) is 0.296. The lowest BCUT2D eigenvalue weighted by atomic mass is 9.93. The second-order valence-electron chi connectivity index (χ2n) is 8.64. The average molecular weight is 456 g/mol. The number of aryl methyl sites for hydroxylation is 1. The lowest BCUT2D eigenvalue weighted by Crippen LogP contribution is -2.20. The Morgan fingerprint density at radius 2 is 2.00 bits per heavy atom. The first kappa shape index (κ1) is 22.1. The number of hydrogen-bond acceptors (Lipinski definition) is 5. The van der Waals surface area contributed by atoms with Gasteiger partial charge in [0.2, 0.25) is 11.9 Å². The standard InChI is InChI=1S/C27H29N5O2/c1-3-34-23-14-8-12-20-24(23)30-27(31-26(20)29-16-18-9-5-4-6-10-18)32-17(2)15-21-19(25(28)33)11-7-13-22(21)32/h4-7,9-11,13,15,23H,3,8,12,14,16H2,1-2H3,(H2,28,33)(H,29,30,31). The van der Waals surface area contributed by atoms with Crippen LogP contribution in [0.15, 0.2) is 54.6 Å². The van der Waals surface area contributed by atoms with E-state index < -0.39 is 5.91 Å². The molecule has 2 heterocycles. The van der Waals surface area contributed by atoms with E-state index in [0.29, 0.717) is 24.7 Å². The predicted octanol–water partition coefficient (Wildman–Crippen LogP) is 4.85. The van der Waals surface area contributed by atoms with Gasteiger partial charge in [0, 0.05) is 35.4 Å². The fourth-order valence-electron chi connectivity index (χ4n) is 4.84. The van der Waals surface area contributed by atoms with Crippen LogP contribution in [0.25, 0.3) is 16.9 Å². The lowest BCUT2D eigenvalue weighted by molar-refractivity contribution is 0.0467. The summed E-state index contributed by atoms with van der Waals surface area (Å²) in [5.41, 5.74) is 11.2. The maximum Gasteiger partial charge on any atom is 0.249 e. The van der Waals surface area contributed by atoms with Crippen LogP contribution in [0.4, 0.5) is 5.82 Å². The van der Waals surface area contributed by atoms with Crippen LogP contribution < -0.4 is 11.1 Å². The molecule has 1 aliphatic carbocycles. The third kappa shape index (κ3) is 4.03. The van der Waals surface area contributed by atoms with Crippen molar-refractivity contribution < 1.29 is 9.53 Å². The average Bonchev–Trinajstić information content (AvgIpc) is 3.19. The van der Waals surface area contributed by atoms with Crippen molar-refractivity contribution in [3.63, 3.8) is 0 Å². The number of hydrogen-bond donors (Lipinski definition) is 2. The first-order valence-electron chi connectivity index (χ1n) is 11.8. The molecule has 2 aromatic carbocycles. The molecule has 0 bridgehead atoms. The molecule has 5 rings (SSSR count). The Kier molecular flexibility index (Phi) is 6.02. The van der Waals surface area contributed by atoms with Gasteiger partial charge >= 0.3 is 0 Å². The number of carbonyl (C=O) groups is 1. The summed E-state index contributed by atoms with van der Waals surface area (Å²) < 4.78 is 8.07. The van der Waals surface area contributed by atoms with Gasteiger partial charge in [-0.1, -0.05) is 36.4 Å². The molecule has 2 aromatic heterocycles. The predicted molar refractivity (Wildman–Crippen MR) is 133 cm³/mol. The number of ether oxygens (including phenoxy) is 1. The van der Waals surface area contributed by atoms with E-state index in [4.69, 9.17) is 20.4 Å². The molecule has 0 fully saturated rings. The van der Waals surface area contributed by atoms with E-state index >= 15 is 0 Å². The molecule has 1 atom stereocenters. The summed E-state index contributed by atoms with van der Waals surface area (Å²) in [4.78, 5) is 22.0. The van der Waals surface area contributed by atoms with Gasteiger partial charge in [-0.3, -0.25) is 9.36 Å². The number of primary amides is 1. The van der Waals surface area contributed by atoms with Crippen molar-refractivity contribution in [2.45, 2.75) is 45.8 Å². The van der Waals surface area contributed by atoms with Crippen molar-refractivity contribution in [2.75, 3.05) is 11.9 Å². The van der Waals surface area contributed by atoms with Crippen LogP contribution in [0.1, 0.15) is 58.7 Å². The molecule has 34 heavy (non-hydrogen) atoms. The molecule has 0 spiro atoms. The van der Waals surface area contributed by atoms with Crippen LogP contribution in [-0.2, 0) is 17.7 Å². The van der Waals surface area contributed by atoms with Gasteiger partial charge in [-0.2, -0.15) is 4.98 Å². The Bertz CT molecular complexity index is 1350. The number of amides is 1. The highest BCUT2D eigenvalue weighted by Crippen LogP contribution is 2.36. The van der Waals surface area contributed by atoms with Crippen molar-refractivity contribution in [1.29, 1.82) is 0 Å². The molecule has 7 nitrogen and oxygen atoms in total. The first-order chi connectivity index (χ1) is 16.6. The largest absolute Gasteiger partial charge is 0.372 e. The molecule has 0 radical (unpaired) electrons. The van der Waals surface area contributed by atoms with Gasteiger partial charge in [0.05, 0.1) is 17.3 Å². The topological polar surface area (TPSA) is 95.1 Å². The van der Waals surface area contributed by atoms with Gasteiger partial charge in [0.1, 0.15) is 5.82 Å². The highest BCUT2D eigenvalue weighted by atomic mass is 16.5. The van der Waals surface area contributed by atoms with Crippen molar-refractivity contribution >= 4 is 22.6 Å². The Morgan fingerprint density at radius 3 is 2.76 bits per heavy atom. The summed E-state index contributed by atoms with van der Waals surface area (Å²) in [6.07, 6.45) is 2.82. The summed E-state index contributed by atoms with van der Waals surface area (Å²) in [6.45, 7) is 5.30. The monoisotopic (exact) mass is 455 g/mol. The van der Waals surface area contributed by atoms with E-state index in [1.54, 1.807) is 6.07 Å². The number of anilines is 1. The highest BCUT2D eigenvalue weighted by molar-refractivity contribution is 6.06. The number of rotatable bonds is 7. The third-order valence-electron chi connectivity index (χ3n) is 6.39. The Morgan fingerprint density at radius 1 is 1.18 bits per heavy atom. The number of nitrogens with two attached hydrogens (primary N) is 1. The lowest BCUT2D eigenvalue weighted by Gasteiger charge is -2.27. The maximum atomic E-state index is 12.0. The van der Waals surface area contributed by atoms with Crippen molar-refractivity contribution in [3.8, 4) is 5.95 Å². The van der Waals surface area contributed by atoms with Gasteiger partial charge in [-0.05, 0) is 56.9 Å². The molecule has 1 unspecified atom stereocenters. The Hall–Kier alpha value is -3.71. The second-order valence-corrected chi connectivity index (χ2v) is 8.64. The third-order valence-corrected chi connectivity index (χ3v) is 6.39. The van der Waals surface area contributed by atoms with E-state index in [1.807, 2.05) is 54.8 Å². The van der Waals surface area contributed by atoms with Crippen molar-refractivity contribution in [3.05, 3.63) is 82.7 Å². The molecule has 1 aliphatic rings. The van der Waals surface area contributed by atoms with E-state index in [2.05, 4.69) is 17.4 Å². The molecule has 4 aromatic rings. The summed E-state index contributed by atoms with van der Waals surface area (Å²) in [5.74, 6) is 0.950. The molecule has 7 heteroatoms. The van der Waals surface area contributed by atoms with Crippen LogP contribution in [0.2, 0.25) is 0 Å². The number of nitrogens with one attached hydrogen (secondary N) is 1. The zero-order chi connectivity index (χ0) is 23.7. The molecular weight excluding hydrogens is 426 g/mol. The normalized spacial score (nSPS) is 15.3. The van der Waals surface area contributed by atoms with E-state index in [1.165, 1.54) is 5.56 Å². The van der Waals surface area contributed by atoms with Gasteiger partial charge in [-0.15, -0.1) is 0 Å². The number of nitrogens with zero attached hydrogens (tertiary/aromatic N) is 3. The number of aromatic nitrogens is 3. The quantitative estimate of drug-likeness (QED) is 0.415. The molecule has 0 saturated carbocycles. The molecule has 0 saturated heterocycles. The maximum absolute atomic E-state index is 12.0. The molecule has 3 N–H and O–H groups in total. The van der Waals surface area contributed by atoms with Crippen molar-refractivity contribution in [2.24, 2.45) is 5.73 Å². The molecule has 1 amide bonds. The smallest absolute Gasteiger partial charge is 0.249 e. The number of carbonyl (C=O) groups excluding carboxylic acids is 1. The van der Waals surface area contributed by atoms with E-state index in [0.717, 1.165) is 52.9 Å². The van der Waals surface area contributed by atoms with Crippen LogP contribution in [0.3, 0.4) is 0 Å². The van der Waals surface area contributed by atoms with Crippen molar-refractivity contribution in [1.82, 2.24) is 14.5 Å². The van der Waals surface area contributed by atoms with Gasteiger partial charge in [0.15, 0.2) is 0 Å². The highest BCUT2D eigenvalue weighted by Gasteiger charge is 2.27. The fourth-order valence-corrected chi connectivity index (χ4v) is 4.84. The second kappa shape index (κ2) is 9.27. The van der Waals surface area contributed by atoms with Crippen LogP contribution in [0.5, 0.6) is 0 Å². The summed E-state index contributed by atoms with van der Waals surface area (Å²) in [5, 5.41) is 4.36. The van der Waals surface area contributed by atoms with E-state index in [-0.39, 0.29) is 6.10 Å². The van der Waals surface area contributed by atoms with Crippen LogP contribution >= 0.6 is 0 Å². The van der Waals surface area contributed by atoms with Gasteiger partial charge in [-0.25, -0.2) is 4.98 Å². The molecule has 174 valence electrons. The zero-order valence-electron chi connectivity index (χ0n) is 19.5. The number of benzene rings is 2. The van der Waals surface area contributed by atoms with Crippen LogP contribution in [-0.4, -0.2) is 27.0 Å². The number of fused-ring (bicyclic) bond motifs is 2. The minimum absolute atomic E-state index is 0.0592. The van der Waals surface area contributed by atoms with Gasteiger partial charge < -0.3 is 15.8 Å². The molecule has 0 aliphatic heterocycles. The zero-order valence-corrected chi connectivity index (χ0v) is 19.5. The minimum atomic E-state index is -0.448. The minimum Gasteiger partial charge on any atom is -0.372 e. The SMILES string of the molecule is CCOC1CCCc2c(NCc3ccccc3)nc(-n3c(C)cc4c(C(N)=O)cccc43)nc21. The van der Waals surface area contributed by atoms with Crippen LogP contribution in [0, 0.1) is 6.92 Å². The summed E-state index contributed by atoms with van der Waals surface area (Å²) in [6, 6.07) is 17.8. The summed E-state index contributed by atoms with van der Waals surface area (Å²) in [7, 11) is 0. The first-order valence-corrected chi connectivity index (χ1v) is 11.8. The molecular formula is C27H29N5O2. The summed E-state index contributed by atoms with van der Waals surface area (Å²) >= 11 is 0. The van der Waals surface area contributed by atoms with Gasteiger partial charge in [0.25, 0.3) is 0 Å². The Labute approximate surface area is 199 Å².